The molecule has 2 unspecified atom stereocenters. The van der Waals surface area contributed by atoms with Gasteiger partial charge in [-0.2, -0.15) is 0 Å². The van der Waals surface area contributed by atoms with E-state index in [1.165, 1.54) is 212 Å². The smallest absolute Gasteiger partial charge is 0.305 e. The van der Waals surface area contributed by atoms with Gasteiger partial charge in [-0.25, -0.2) is 0 Å². The van der Waals surface area contributed by atoms with Crippen LogP contribution in [-0.4, -0.2) is 47.4 Å². The Balaban J connectivity index is 3.41. The van der Waals surface area contributed by atoms with Gasteiger partial charge in [0.25, 0.3) is 0 Å². The number of allylic oxidation sites excluding steroid dienone is 6. The highest BCUT2D eigenvalue weighted by molar-refractivity contribution is 5.76. The number of amides is 1. The van der Waals surface area contributed by atoms with Crippen LogP contribution in [0, 0.1) is 0 Å². The van der Waals surface area contributed by atoms with Crippen molar-refractivity contribution in [2.75, 3.05) is 13.2 Å². The van der Waals surface area contributed by atoms with Crippen LogP contribution in [0.15, 0.2) is 36.5 Å². The molecule has 0 heterocycles. The van der Waals surface area contributed by atoms with E-state index in [0.29, 0.717) is 25.9 Å². The van der Waals surface area contributed by atoms with Crippen LogP contribution in [-0.2, 0) is 14.3 Å². The number of hydrogen-bond acceptors (Lipinski definition) is 5. The molecule has 0 aromatic heterocycles. The van der Waals surface area contributed by atoms with E-state index in [9.17, 15) is 19.8 Å². The highest BCUT2D eigenvalue weighted by Crippen LogP contribution is 2.16. The summed E-state index contributed by atoms with van der Waals surface area (Å²) in [5, 5.41) is 23.2. The van der Waals surface area contributed by atoms with Crippen molar-refractivity contribution in [1.82, 2.24) is 5.32 Å². The van der Waals surface area contributed by atoms with Gasteiger partial charge in [0.05, 0.1) is 25.4 Å². The average molecular weight is 901 g/mol. The monoisotopic (exact) mass is 900 g/mol. The van der Waals surface area contributed by atoms with Gasteiger partial charge in [-0.15, -0.1) is 0 Å². The fourth-order valence-electron chi connectivity index (χ4n) is 8.53. The Morgan fingerprint density at radius 1 is 0.438 bits per heavy atom. The van der Waals surface area contributed by atoms with E-state index in [0.717, 1.165) is 51.4 Å². The minimum absolute atomic E-state index is 0.00509. The first-order chi connectivity index (χ1) is 31.5. The van der Waals surface area contributed by atoms with Crippen LogP contribution >= 0.6 is 0 Å². The van der Waals surface area contributed by atoms with Gasteiger partial charge in [-0.3, -0.25) is 9.59 Å². The third-order valence-corrected chi connectivity index (χ3v) is 12.9. The molecule has 0 aromatic carbocycles. The predicted octanol–water partition coefficient (Wildman–Crippen LogP) is 17.2. The van der Waals surface area contributed by atoms with E-state index < -0.39 is 12.1 Å². The first-order valence-electron chi connectivity index (χ1n) is 28.2. The molecule has 0 radical (unpaired) electrons. The van der Waals surface area contributed by atoms with Crippen LogP contribution < -0.4 is 5.32 Å². The van der Waals surface area contributed by atoms with Crippen molar-refractivity contribution < 1.29 is 24.5 Å². The summed E-state index contributed by atoms with van der Waals surface area (Å²) in [6.45, 7) is 4.89. The summed E-state index contributed by atoms with van der Waals surface area (Å²) in [4.78, 5) is 24.4. The van der Waals surface area contributed by atoms with Gasteiger partial charge in [-0.1, -0.05) is 243 Å². The van der Waals surface area contributed by atoms with Crippen molar-refractivity contribution in [3.05, 3.63) is 36.5 Å². The van der Waals surface area contributed by atoms with Crippen LogP contribution in [0.1, 0.15) is 296 Å². The molecule has 0 saturated carbocycles. The third-order valence-electron chi connectivity index (χ3n) is 12.9. The second-order valence-electron chi connectivity index (χ2n) is 19.3. The fourth-order valence-corrected chi connectivity index (χ4v) is 8.53. The summed E-state index contributed by atoms with van der Waals surface area (Å²) < 4.78 is 5.46. The van der Waals surface area contributed by atoms with E-state index >= 15 is 0 Å². The SMILES string of the molecule is CCCC/C=C\C/C=C\CCCCCCCC(=O)OCCCCCCCCCCCCC/C=C\CCCCCCCCCC(=O)NC(CO)C(O)CCCCCCCCCCCCC. The Hall–Kier alpha value is -1.92. The normalized spacial score (nSPS) is 12.9. The molecule has 6 nitrogen and oxygen atoms in total. The first-order valence-corrected chi connectivity index (χ1v) is 28.2. The maximum Gasteiger partial charge on any atom is 0.305 e. The molecule has 1 amide bonds. The van der Waals surface area contributed by atoms with Gasteiger partial charge < -0.3 is 20.3 Å². The molecule has 3 N–H and O–H groups in total. The lowest BCUT2D eigenvalue weighted by Crippen LogP contribution is -2.45. The summed E-state index contributed by atoms with van der Waals surface area (Å²) in [7, 11) is 0. The number of esters is 1. The zero-order chi connectivity index (χ0) is 46.5. The van der Waals surface area contributed by atoms with Crippen LogP contribution in [0.25, 0.3) is 0 Å². The van der Waals surface area contributed by atoms with Crippen molar-refractivity contribution in [3.8, 4) is 0 Å². The Kier molecular flexibility index (Phi) is 52.1. The molecule has 64 heavy (non-hydrogen) atoms. The van der Waals surface area contributed by atoms with Crippen LogP contribution in [0.3, 0.4) is 0 Å². The largest absolute Gasteiger partial charge is 0.466 e. The molecule has 0 fully saturated rings. The Morgan fingerprint density at radius 3 is 1.25 bits per heavy atom. The minimum atomic E-state index is -0.667. The van der Waals surface area contributed by atoms with E-state index in [2.05, 4.69) is 55.6 Å². The van der Waals surface area contributed by atoms with E-state index in [1.54, 1.807) is 0 Å². The summed E-state index contributed by atoms with van der Waals surface area (Å²) in [6, 6.07) is -0.545. The summed E-state index contributed by atoms with van der Waals surface area (Å²) >= 11 is 0. The molecule has 0 bridgehead atoms. The maximum absolute atomic E-state index is 12.4. The van der Waals surface area contributed by atoms with Gasteiger partial charge in [0.15, 0.2) is 0 Å². The Bertz CT molecular complexity index is 1040. The standard InChI is InChI=1S/C58H109NO5/c1-3-5-7-9-11-13-15-16-28-32-36-40-44-48-52-58(63)64-53-49-45-41-37-33-29-26-24-22-20-18-17-19-21-23-25-27-31-35-39-43-47-51-57(62)59-55(54-60)56(61)50-46-42-38-34-30-14-12-10-8-6-4-2/h9,11,15-16,19,21,55-56,60-61H,3-8,10,12-14,17-18,20,22-54H2,1-2H3,(H,59,62)/b11-9-,16-15-,21-19-. The highest BCUT2D eigenvalue weighted by Gasteiger charge is 2.20. The quantitative estimate of drug-likeness (QED) is 0.0321. The number of carbonyl (C=O) groups is 2. The van der Waals surface area contributed by atoms with Crippen molar-refractivity contribution in [2.45, 2.75) is 309 Å². The molecular formula is C58H109NO5. The van der Waals surface area contributed by atoms with Crippen molar-refractivity contribution in [2.24, 2.45) is 0 Å². The fraction of sp³-hybridized carbons (Fsp3) is 0.862. The number of nitrogens with one attached hydrogen (secondary N) is 1. The molecule has 2 atom stereocenters. The molecule has 0 rings (SSSR count). The molecular weight excluding hydrogens is 791 g/mol. The maximum atomic E-state index is 12.4. The van der Waals surface area contributed by atoms with Gasteiger partial charge >= 0.3 is 5.97 Å². The summed E-state index contributed by atoms with van der Waals surface area (Å²) in [6.07, 6.45) is 65.6. The predicted molar refractivity (Wildman–Crippen MR) is 278 cm³/mol. The number of carbonyl (C=O) groups excluding carboxylic acids is 2. The Morgan fingerprint density at radius 2 is 0.797 bits per heavy atom. The van der Waals surface area contributed by atoms with Gasteiger partial charge in [0.1, 0.15) is 0 Å². The zero-order valence-corrected chi connectivity index (χ0v) is 42.8. The van der Waals surface area contributed by atoms with Crippen molar-refractivity contribution in [3.63, 3.8) is 0 Å². The molecule has 0 aromatic rings. The van der Waals surface area contributed by atoms with Gasteiger partial charge in [0.2, 0.25) is 5.91 Å². The van der Waals surface area contributed by atoms with E-state index in [1.807, 2.05) is 0 Å². The molecule has 6 heteroatoms. The molecule has 376 valence electrons. The number of unbranched alkanes of at least 4 members (excludes halogenated alkanes) is 35. The van der Waals surface area contributed by atoms with Gasteiger partial charge in [0, 0.05) is 12.8 Å². The lowest BCUT2D eigenvalue weighted by molar-refractivity contribution is -0.143. The summed E-state index contributed by atoms with van der Waals surface area (Å²) in [5.41, 5.74) is 0. The molecule has 0 aliphatic carbocycles. The number of aliphatic hydroxyl groups is 2. The molecule has 0 spiro atoms. The zero-order valence-electron chi connectivity index (χ0n) is 42.8. The van der Waals surface area contributed by atoms with E-state index in [4.69, 9.17) is 4.74 Å². The van der Waals surface area contributed by atoms with Crippen LogP contribution in [0.5, 0.6) is 0 Å². The van der Waals surface area contributed by atoms with Crippen LogP contribution in [0.2, 0.25) is 0 Å². The number of rotatable bonds is 52. The second-order valence-corrected chi connectivity index (χ2v) is 19.3. The average Bonchev–Trinajstić information content (AvgIpc) is 3.29. The number of hydrogen-bond donors (Lipinski definition) is 3. The molecule has 0 aliphatic rings. The highest BCUT2D eigenvalue weighted by atomic mass is 16.5. The Labute approximate surface area is 398 Å². The lowest BCUT2D eigenvalue weighted by Gasteiger charge is -2.22. The van der Waals surface area contributed by atoms with Crippen molar-refractivity contribution >= 4 is 11.9 Å². The molecule has 0 aliphatic heterocycles. The lowest BCUT2D eigenvalue weighted by atomic mass is 10.0. The number of ether oxygens (including phenoxy) is 1. The third kappa shape index (κ3) is 49.5. The first kappa shape index (κ1) is 62.1. The van der Waals surface area contributed by atoms with E-state index in [-0.39, 0.29) is 18.5 Å². The summed E-state index contributed by atoms with van der Waals surface area (Å²) in [5.74, 6) is -0.0485. The van der Waals surface area contributed by atoms with Crippen LogP contribution in [0.4, 0.5) is 0 Å². The molecule has 0 saturated heterocycles. The minimum Gasteiger partial charge on any atom is -0.466 e. The second kappa shape index (κ2) is 53.7. The topological polar surface area (TPSA) is 95.9 Å². The van der Waals surface area contributed by atoms with Gasteiger partial charge in [-0.05, 0) is 77.0 Å². The number of aliphatic hydroxyl groups excluding tert-OH is 2. The van der Waals surface area contributed by atoms with Crippen molar-refractivity contribution in [1.29, 1.82) is 0 Å².